The summed E-state index contributed by atoms with van der Waals surface area (Å²) in [5, 5.41) is 0. The quantitative estimate of drug-likeness (QED) is 0.635. The molecule has 0 atom stereocenters. The Morgan fingerprint density at radius 1 is 0.733 bits per heavy atom. The van der Waals surface area contributed by atoms with Crippen molar-refractivity contribution in [3.63, 3.8) is 0 Å². The van der Waals surface area contributed by atoms with Crippen LogP contribution in [0.15, 0.2) is 30.3 Å². The first-order chi connectivity index (χ1) is 14.4. The summed E-state index contributed by atoms with van der Waals surface area (Å²) in [6.07, 6.45) is -0.0469. The van der Waals surface area contributed by atoms with Crippen LogP contribution < -0.4 is 34.5 Å². The largest absolute Gasteiger partial charge is 0.493 e. The number of ether oxygens (including phenoxy) is 5. The Kier molecular flexibility index (Phi) is 7.74. The van der Waals surface area contributed by atoms with E-state index >= 15 is 0 Å². The van der Waals surface area contributed by atoms with Crippen LogP contribution in [0.1, 0.15) is 34.6 Å². The molecule has 0 aliphatic rings. The van der Waals surface area contributed by atoms with Crippen LogP contribution in [0.4, 0.5) is 0 Å². The van der Waals surface area contributed by atoms with Gasteiger partial charge in [-0.05, 0) is 44.2 Å². The normalized spacial score (nSPS) is 10.2. The minimum atomic E-state index is -0.590. The Hall–Kier alpha value is -3.62. The van der Waals surface area contributed by atoms with E-state index in [2.05, 4.69) is 10.9 Å². The van der Waals surface area contributed by atoms with E-state index in [-0.39, 0.29) is 28.7 Å². The molecule has 0 saturated heterocycles. The Labute approximate surface area is 175 Å². The van der Waals surface area contributed by atoms with Crippen molar-refractivity contribution in [1.29, 1.82) is 0 Å². The summed E-state index contributed by atoms with van der Waals surface area (Å²) in [5.74, 6) is 0.660. The Morgan fingerprint density at radius 2 is 1.33 bits per heavy atom. The standard InChI is InChI=1S/C21H26N2O7/c1-12(2)30-15-9-7-13(11-17(15)27-4)20(24)22-23-21(25)14-8-10-16(26-3)19(29-6)18(14)28-5/h7-12H,1-6H3,(H,22,24)(H,23,25). The fraction of sp³-hybridized carbons (Fsp3) is 0.333. The van der Waals surface area contributed by atoms with Crippen molar-refractivity contribution in [2.75, 3.05) is 28.4 Å². The van der Waals surface area contributed by atoms with Crippen molar-refractivity contribution >= 4 is 11.8 Å². The first kappa shape index (κ1) is 22.7. The van der Waals surface area contributed by atoms with Gasteiger partial charge < -0.3 is 23.7 Å². The molecule has 2 rings (SSSR count). The predicted molar refractivity (Wildman–Crippen MR) is 110 cm³/mol. The van der Waals surface area contributed by atoms with Crippen LogP contribution in [0.25, 0.3) is 0 Å². The Morgan fingerprint density at radius 3 is 1.90 bits per heavy atom. The fourth-order valence-electron chi connectivity index (χ4n) is 2.69. The molecular weight excluding hydrogens is 392 g/mol. The van der Waals surface area contributed by atoms with Crippen LogP contribution >= 0.6 is 0 Å². The third kappa shape index (κ3) is 5.05. The second-order valence-electron chi connectivity index (χ2n) is 6.32. The molecule has 9 nitrogen and oxygen atoms in total. The van der Waals surface area contributed by atoms with Crippen molar-refractivity contribution in [2.45, 2.75) is 20.0 Å². The van der Waals surface area contributed by atoms with E-state index in [1.165, 1.54) is 40.6 Å². The number of carbonyl (C=O) groups excluding carboxylic acids is 2. The second kappa shape index (κ2) is 10.2. The maximum Gasteiger partial charge on any atom is 0.273 e. The van der Waals surface area contributed by atoms with Gasteiger partial charge >= 0.3 is 0 Å². The second-order valence-corrected chi connectivity index (χ2v) is 6.32. The number of benzene rings is 2. The highest BCUT2D eigenvalue weighted by Crippen LogP contribution is 2.39. The van der Waals surface area contributed by atoms with E-state index in [1.54, 1.807) is 18.2 Å². The van der Waals surface area contributed by atoms with Gasteiger partial charge in [0.25, 0.3) is 11.8 Å². The van der Waals surface area contributed by atoms with E-state index in [4.69, 9.17) is 23.7 Å². The molecule has 0 bridgehead atoms. The summed E-state index contributed by atoms with van der Waals surface area (Å²) >= 11 is 0. The zero-order valence-electron chi connectivity index (χ0n) is 17.8. The van der Waals surface area contributed by atoms with Crippen molar-refractivity contribution < 1.29 is 33.3 Å². The van der Waals surface area contributed by atoms with Crippen molar-refractivity contribution in [3.8, 4) is 28.7 Å². The molecule has 2 aromatic carbocycles. The average molecular weight is 418 g/mol. The molecule has 2 amide bonds. The highest BCUT2D eigenvalue weighted by molar-refractivity contribution is 6.01. The molecule has 0 fully saturated rings. The smallest absolute Gasteiger partial charge is 0.273 e. The first-order valence-corrected chi connectivity index (χ1v) is 9.10. The minimum Gasteiger partial charge on any atom is -0.493 e. The van der Waals surface area contributed by atoms with Crippen molar-refractivity contribution in [1.82, 2.24) is 10.9 Å². The van der Waals surface area contributed by atoms with Gasteiger partial charge in [0, 0.05) is 5.56 Å². The maximum absolute atomic E-state index is 12.6. The van der Waals surface area contributed by atoms with E-state index < -0.39 is 11.8 Å². The summed E-state index contributed by atoms with van der Waals surface area (Å²) in [5.41, 5.74) is 5.16. The number of methoxy groups -OCH3 is 4. The number of hydrogen-bond donors (Lipinski definition) is 2. The SMILES string of the molecule is COc1cc(C(=O)NNC(=O)c2ccc(OC)c(OC)c2OC)ccc1OC(C)C. The zero-order valence-corrected chi connectivity index (χ0v) is 17.8. The maximum atomic E-state index is 12.6. The van der Waals surface area contributed by atoms with Gasteiger partial charge in [-0.2, -0.15) is 0 Å². The van der Waals surface area contributed by atoms with Crippen molar-refractivity contribution in [2.24, 2.45) is 0 Å². The molecule has 2 N–H and O–H groups in total. The number of rotatable bonds is 8. The monoisotopic (exact) mass is 418 g/mol. The van der Waals surface area contributed by atoms with Gasteiger partial charge in [-0.15, -0.1) is 0 Å². The molecule has 0 aromatic heterocycles. The number of nitrogens with one attached hydrogen (secondary N) is 2. The molecule has 0 heterocycles. The summed E-state index contributed by atoms with van der Waals surface area (Å²) in [7, 11) is 5.79. The molecule has 9 heteroatoms. The molecule has 0 radical (unpaired) electrons. The molecule has 162 valence electrons. The molecule has 0 spiro atoms. The molecule has 0 aliphatic heterocycles. The van der Waals surface area contributed by atoms with Crippen LogP contribution in [0.2, 0.25) is 0 Å². The molecule has 2 aromatic rings. The van der Waals surface area contributed by atoms with Crippen LogP contribution in [-0.2, 0) is 0 Å². The topological polar surface area (TPSA) is 104 Å². The van der Waals surface area contributed by atoms with E-state index in [9.17, 15) is 9.59 Å². The highest BCUT2D eigenvalue weighted by Gasteiger charge is 2.21. The third-order valence-electron chi connectivity index (χ3n) is 4.03. The van der Waals surface area contributed by atoms with Gasteiger partial charge in [0.15, 0.2) is 23.0 Å². The lowest BCUT2D eigenvalue weighted by atomic mass is 10.1. The van der Waals surface area contributed by atoms with Crippen LogP contribution in [0.5, 0.6) is 28.7 Å². The number of hydrazine groups is 1. The summed E-state index contributed by atoms with van der Waals surface area (Å²) in [6, 6.07) is 7.79. The van der Waals surface area contributed by atoms with Gasteiger partial charge in [0.2, 0.25) is 5.75 Å². The third-order valence-corrected chi connectivity index (χ3v) is 4.03. The number of carbonyl (C=O) groups is 2. The van der Waals surface area contributed by atoms with Crippen molar-refractivity contribution in [3.05, 3.63) is 41.5 Å². The lowest BCUT2D eigenvalue weighted by Gasteiger charge is -2.16. The van der Waals surface area contributed by atoms with Crippen LogP contribution in [-0.4, -0.2) is 46.4 Å². The van der Waals surface area contributed by atoms with Gasteiger partial charge in [0.1, 0.15) is 0 Å². The Balaban J connectivity index is 2.16. The zero-order chi connectivity index (χ0) is 22.3. The lowest BCUT2D eigenvalue weighted by molar-refractivity contribution is 0.0844. The molecule has 0 unspecified atom stereocenters. The Bertz CT molecular complexity index is 912. The van der Waals surface area contributed by atoms with Gasteiger partial charge in [0.05, 0.1) is 40.1 Å². The molecular formula is C21H26N2O7. The summed E-state index contributed by atoms with van der Waals surface area (Å²) in [4.78, 5) is 25.0. The summed E-state index contributed by atoms with van der Waals surface area (Å²) in [6.45, 7) is 3.77. The van der Waals surface area contributed by atoms with E-state index in [1.807, 2.05) is 13.8 Å². The predicted octanol–water partition coefficient (Wildman–Crippen LogP) is 2.58. The van der Waals surface area contributed by atoms with E-state index in [0.29, 0.717) is 17.2 Å². The van der Waals surface area contributed by atoms with Crippen LogP contribution in [0, 0.1) is 0 Å². The summed E-state index contributed by atoms with van der Waals surface area (Å²) < 4.78 is 26.7. The number of amides is 2. The van der Waals surface area contributed by atoms with Gasteiger partial charge in [-0.1, -0.05) is 0 Å². The van der Waals surface area contributed by atoms with Gasteiger partial charge in [-0.25, -0.2) is 0 Å². The fourth-order valence-corrected chi connectivity index (χ4v) is 2.69. The average Bonchev–Trinajstić information content (AvgIpc) is 2.75. The molecule has 0 saturated carbocycles. The lowest BCUT2D eigenvalue weighted by Crippen LogP contribution is -2.41. The highest BCUT2D eigenvalue weighted by atomic mass is 16.5. The van der Waals surface area contributed by atoms with E-state index in [0.717, 1.165) is 0 Å². The minimum absolute atomic E-state index is 0.0469. The first-order valence-electron chi connectivity index (χ1n) is 9.10. The molecule has 0 aliphatic carbocycles. The molecule has 30 heavy (non-hydrogen) atoms. The van der Waals surface area contributed by atoms with Gasteiger partial charge in [-0.3, -0.25) is 20.4 Å². The van der Waals surface area contributed by atoms with Crippen LogP contribution in [0.3, 0.4) is 0 Å². The number of hydrogen-bond acceptors (Lipinski definition) is 7.